The summed E-state index contributed by atoms with van der Waals surface area (Å²) in [5.74, 6) is -1.58. The molecule has 1 N–H and O–H groups in total. The Balaban J connectivity index is 2.26. The number of halogens is 1. The molecule has 6 nitrogen and oxygen atoms in total. The maximum Gasteiger partial charge on any atom is 0.311 e. The molecule has 0 spiro atoms. The van der Waals surface area contributed by atoms with Gasteiger partial charge in [-0.05, 0) is 18.9 Å². The average molecular weight is 282 g/mol. The molecule has 0 amide bonds. The smallest absolute Gasteiger partial charge is 0.311 e. The van der Waals surface area contributed by atoms with E-state index in [-0.39, 0.29) is 17.9 Å². The van der Waals surface area contributed by atoms with Gasteiger partial charge in [-0.2, -0.15) is 0 Å². The van der Waals surface area contributed by atoms with E-state index in [0.29, 0.717) is 19.4 Å². The molecule has 1 heterocycles. The molecule has 0 saturated carbocycles. The van der Waals surface area contributed by atoms with Gasteiger partial charge in [-0.1, -0.05) is 6.92 Å². The molecule has 2 rings (SSSR count). The second-order valence-corrected chi connectivity index (χ2v) is 5.00. The molecule has 1 fully saturated rings. The molecule has 1 aliphatic rings. The fourth-order valence-electron chi connectivity index (χ4n) is 2.56. The van der Waals surface area contributed by atoms with Crippen molar-refractivity contribution in [3.8, 4) is 0 Å². The number of carbonyl (C=O) groups is 1. The summed E-state index contributed by atoms with van der Waals surface area (Å²) in [6.45, 7) is 2.44. The summed E-state index contributed by atoms with van der Waals surface area (Å²) in [6.07, 6.45) is 0.905. The second-order valence-electron chi connectivity index (χ2n) is 5.00. The highest BCUT2D eigenvalue weighted by atomic mass is 19.1. The number of non-ortho nitro benzene ring substituents is 1. The van der Waals surface area contributed by atoms with E-state index in [0.717, 1.165) is 6.07 Å². The summed E-state index contributed by atoms with van der Waals surface area (Å²) >= 11 is 0. The minimum Gasteiger partial charge on any atom is -0.481 e. The molecule has 0 radical (unpaired) electrons. The van der Waals surface area contributed by atoms with Gasteiger partial charge in [-0.15, -0.1) is 0 Å². The van der Waals surface area contributed by atoms with Crippen molar-refractivity contribution in [2.45, 2.75) is 19.8 Å². The first-order chi connectivity index (χ1) is 9.39. The molecule has 0 bridgehead atoms. The molecule has 0 aliphatic carbocycles. The van der Waals surface area contributed by atoms with Crippen molar-refractivity contribution in [2.24, 2.45) is 5.41 Å². The maximum absolute atomic E-state index is 13.9. The Kier molecular flexibility index (Phi) is 3.61. The summed E-state index contributed by atoms with van der Waals surface area (Å²) in [6, 6.07) is 3.42. The maximum atomic E-state index is 13.9. The number of aliphatic carboxylic acids is 1. The first-order valence-electron chi connectivity index (χ1n) is 6.32. The van der Waals surface area contributed by atoms with E-state index in [9.17, 15) is 24.4 Å². The minimum absolute atomic E-state index is 0.215. The van der Waals surface area contributed by atoms with Crippen molar-refractivity contribution in [1.82, 2.24) is 0 Å². The van der Waals surface area contributed by atoms with Crippen LogP contribution in [0.25, 0.3) is 0 Å². The van der Waals surface area contributed by atoms with E-state index in [1.54, 1.807) is 11.8 Å². The zero-order valence-electron chi connectivity index (χ0n) is 11.0. The lowest BCUT2D eigenvalue weighted by Gasteiger charge is -2.24. The number of nitro groups is 1. The van der Waals surface area contributed by atoms with Crippen LogP contribution >= 0.6 is 0 Å². The summed E-state index contributed by atoms with van der Waals surface area (Å²) in [5, 5.41) is 19.9. The van der Waals surface area contributed by atoms with Crippen LogP contribution in [0, 0.1) is 21.3 Å². The largest absolute Gasteiger partial charge is 0.481 e. The third-order valence-electron chi connectivity index (χ3n) is 3.97. The molecule has 1 aromatic rings. The van der Waals surface area contributed by atoms with Gasteiger partial charge >= 0.3 is 5.97 Å². The lowest BCUT2D eigenvalue weighted by Crippen LogP contribution is -2.34. The Hall–Kier alpha value is -2.18. The Bertz CT molecular complexity index is 563. The van der Waals surface area contributed by atoms with Crippen LogP contribution in [0.1, 0.15) is 19.8 Å². The molecule has 0 aromatic heterocycles. The highest BCUT2D eigenvalue weighted by Gasteiger charge is 2.43. The minimum atomic E-state index is -0.884. The second kappa shape index (κ2) is 5.07. The zero-order valence-corrected chi connectivity index (χ0v) is 11.0. The van der Waals surface area contributed by atoms with E-state index >= 15 is 0 Å². The molecule has 1 saturated heterocycles. The van der Waals surface area contributed by atoms with Gasteiger partial charge in [0.25, 0.3) is 5.69 Å². The van der Waals surface area contributed by atoms with Crippen molar-refractivity contribution >= 4 is 17.3 Å². The molecule has 1 aromatic carbocycles. The normalized spacial score (nSPS) is 22.0. The molecule has 108 valence electrons. The Morgan fingerprint density at radius 2 is 2.30 bits per heavy atom. The molecule has 1 unspecified atom stereocenters. The fourth-order valence-corrected chi connectivity index (χ4v) is 2.56. The third-order valence-corrected chi connectivity index (χ3v) is 3.97. The molecular formula is C13H15FN2O4. The number of anilines is 1. The van der Waals surface area contributed by atoms with Crippen LogP contribution in [0.15, 0.2) is 18.2 Å². The van der Waals surface area contributed by atoms with Crippen LogP contribution in [0.3, 0.4) is 0 Å². The predicted molar refractivity (Wildman–Crippen MR) is 70.2 cm³/mol. The van der Waals surface area contributed by atoms with E-state index in [2.05, 4.69) is 0 Å². The zero-order chi connectivity index (χ0) is 14.9. The van der Waals surface area contributed by atoms with Gasteiger partial charge in [0.15, 0.2) is 5.82 Å². The van der Waals surface area contributed by atoms with Gasteiger partial charge < -0.3 is 10.0 Å². The van der Waals surface area contributed by atoms with Crippen LogP contribution in [0.4, 0.5) is 15.8 Å². The Morgan fingerprint density at radius 1 is 1.60 bits per heavy atom. The number of carboxylic acid groups (broad SMARTS) is 1. The van der Waals surface area contributed by atoms with Crippen molar-refractivity contribution in [2.75, 3.05) is 18.0 Å². The third kappa shape index (κ3) is 2.31. The number of nitrogens with zero attached hydrogens (tertiary/aromatic N) is 2. The predicted octanol–water partition coefficient (Wildman–Crippen LogP) is 2.43. The molecular weight excluding hydrogens is 267 g/mol. The fraction of sp³-hybridized carbons (Fsp3) is 0.462. The quantitative estimate of drug-likeness (QED) is 0.677. The SMILES string of the molecule is CCC1(C(=O)O)CCN(c2ccc([N+](=O)[O-])cc2F)C1. The standard InChI is InChI=1S/C13H15FN2O4/c1-2-13(12(17)18)5-6-15(8-13)11-4-3-9(16(19)20)7-10(11)14/h3-4,7H,2,5-6,8H2,1H3,(H,17,18). The van der Waals surface area contributed by atoms with E-state index in [4.69, 9.17) is 0 Å². The van der Waals surface area contributed by atoms with Crippen molar-refractivity contribution in [3.05, 3.63) is 34.1 Å². The number of nitro benzene ring substituents is 1. The topological polar surface area (TPSA) is 83.7 Å². The average Bonchev–Trinajstić information content (AvgIpc) is 2.84. The molecule has 20 heavy (non-hydrogen) atoms. The van der Waals surface area contributed by atoms with Crippen molar-refractivity contribution in [1.29, 1.82) is 0 Å². The van der Waals surface area contributed by atoms with Gasteiger partial charge in [-0.3, -0.25) is 14.9 Å². The molecule has 1 aliphatic heterocycles. The number of hydrogen-bond donors (Lipinski definition) is 1. The van der Waals surface area contributed by atoms with E-state index in [1.807, 2.05) is 0 Å². The van der Waals surface area contributed by atoms with Crippen LogP contribution < -0.4 is 4.90 Å². The first kappa shape index (κ1) is 14.2. The monoisotopic (exact) mass is 282 g/mol. The van der Waals surface area contributed by atoms with Gasteiger partial charge in [0, 0.05) is 19.2 Å². The Labute approximate surface area is 115 Å². The van der Waals surface area contributed by atoms with Crippen LogP contribution in [-0.2, 0) is 4.79 Å². The highest BCUT2D eigenvalue weighted by Crippen LogP contribution is 2.38. The number of rotatable bonds is 4. The van der Waals surface area contributed by atoms with E-state index < -0.39 is 22.1 Å². The van der Waals surface area contributed by atoms with Gasteiger partial charge in [0.05, 0.1) is 22.1 Å². The van der Waals surface area contributed by atoms with Crippen molar-refractivity contribution < 1.29 is 19.2 Å². The summed E-state index contributed by atoms with van der Waals surface area (Å²) in [7, 11) is 0. The number of carboxylic acids is 1. The van der Waals surface area contributed by atoms with E-state index in [1.165, 1.54) is 12.1 Å². The van der Waals surface area contributed by atoms with Crippen LogP contribution in [0.5, 0.6) is 0 Å². The lowest BCUT2D eigenvalue weighted by molar-refractivity contribution is -0.385. The van der Waals surface area contributed by atoms with Gasteiger partial charge in [0.2, 0.25) is 0 Å². The summed E-state index contributed by atoms with van der Waals surface area (Å²) in [4.78, 5) is 22.9. The summed E-state index contributed by atoms with van der Waals surface area (Å²) < 4.78 is 13.9. The number of hydrogen-bond acceptors (Lipinski definition) is 4. The van der Waals surface area contributed by atoms with Crippen molar-refractivity contribution in [3.63, 3.8) is 0 Å². The van der Waals surface area contributed by atoms with Crippen LogP contribution in [-0.4, -0.2) is 29.1 Å². The van der Waals surface area contributed by atoms with Gasteiger partial charge in [0.1, 0.15) is 0 Å². The van der Waals surface area contributed by atoms with Gasteiger partial charge in [-0.25, -0.2) is 4.39 Å². The first-order valence-corrected chi connectivity index (χ1v) is 6.32. The summed E-state index contributed by atoms with van der Waals surface area (Å²) in [5.41, 5.74) is -0.966. The number of benzene rings is 1. The van der Waals surface area contributed by atoms with Crippen LogP contribution in [0.2, 0.25) is 0 Å². The molecule has 1 atom stereocenters. The highest BCUT2D eigenvalue weighted by molar-refractivity contribution is 5.77. The molecule has 7 heteroatoms. The Morgan fingerprint density at radius 3 is 2.75 bits per heavy atom. The lowest BCUT2D eigenvalue weighted by atomic mass is 9.84.